The maximum Gasteiger partial charge on any atom is 0.232 e. The van der Waals surface area contributed by atoms with E-state index in [1.807, 2.05) is 31.2 Å². The Hall–Kier alpha value is -2.54. The van der Waals surface area contributed by atoms with E-state index in [9.17, 15) is 13.2 Å². The molecular weight excluding hydrogens is 364 g/mol. The minimum atomic E-state index is -3.56. The smallest absolute Gasteiger partial charge is 0.232 e. The van der Waals surface area contributed by atoms with Crippen LogP contribution in [0.5, 0.6) is 5.75 Å². The van der Waals surface area contributed by atoms with Gasteiger partial charge in [-0.3, -0.25) is 9.10 Å². The molecule has 0 saturated carbocycles. The van der Waals surface area contributed by atoms with Crippen LogP contribution in [0.15, 0.2) is 48.5 Å². The van der Waals surface area contributed by atoms with Crippen LogP contribution in [0, 0.1) is 0 Å². The van der Waals surface area contributed by atoms with E-state index in [0.717, 1.165) is 23.9 Å². The molecule has 7 heteroatoms. The zero-order chi connectivity index (χ0) is 19.4. The average molecular weight is 388 g/mol. The van der Waals surface area contributed by atoms with Crippen LogP contribution < -0.4 is 13.9 Å². The van der Waals surface area contributed by atoms with Crippen LogP contribution in [0.1, 0.15) is 18.9 Å². The van der Waals surface area contributed by atoms with E-state index in [2.05, 4.69) is 0 Å². The fourth-order valence-electron chi connectivity index (χ4n) is 3.34. The van der Waals surface area contributed by atoms with Gasteiger partial charge in [0, 0.05) is 25.2 Å². The van der Waals surface area contributed by atoms with Crippen molar-refractivity contribution in [1.82, 2.24) is 0 Å². The van der Waals surface area contributed by atoms with Crippen LogP contribution in [-0.2, 0) is 21.2 Å². The molecule has 0 unspecified atom stereocenters. The summed E-state index contributed by atoms with van der Waals surface area (Å²) in [4.78, 5) is 14.5. The number of nitrogens with zero attached hydrogens (tertiary/aromatic N) is 2. The summed E-state index contributed by atoms with van der Waals surface area (Å²) in [5.74, 6) is 0.409. The number of para-hydroxylation sites is 3. The van der Waals surface area contributed by atoms with Gasteiger partial charge in [-0.05, 0) is 37.1 Å². The van der Waals surface area contributed by atoms with Crippen LogP contribution in [-0.4, -0.2) is 40.3 Å². The van der Waals surface area contributed by atoms with Gasteiger partial charge in [-0.25, -0.2) is 8.42 Å². The van der Waals surface area contributed by atoms with Crippen molar-refractivity contribution >= 4 is 27.3 Å². The lowest BCUT2D eigenvalue weighted by Crippen LogP contribution is -2.36. The molecule has 0 N–H and O–H groups in total. The first-order valence-electron chi connectivity index (χ1n) is 8.99. The molecule has 0 bridgehead atoms. The van der Waals surface area contributed by atoms with Crippen molar-refractivity contribution in [3.63, 3.8) is 0 Å². The Kier molecular flexibility index (Phi) is 5.70. The third kappa shape index (κ3) is 4.24. The lowest BCUT2D eigenvalue weighted by Gasteiger charge is -2.25. The predicted molar refractivity (Wildman–Crippen MR) is 107 cm³/mol. The molecule has 1 heterocycles. The SMILES string of the molecule is CCOc1ccccc1N(CCC(=O)N1CCc2ccccc21)S(C)(=O)=O. The highest BCUT2D eigenvalue weighted by molar-refractivity contribution is 7.92. The molecule has 1 aliphatic heterocycles. The third-order valence-corrected chi connectivity index (χ3v) is 5.73. The van der Waals surface area contributed by atoms with Gasteiger partial charge in [-0.2, -0.15) is 0 Å². The fourth-order valence-corrected chi connectivity index (χ4v) is 4.27. The number of fused-ring (bicyclic) bond motifs is 1. The van der Waals surface area contributed by atoms with Gasteiger partial charge in [0.15, 0.2) is 0 Å². The zero-order valence-corrected chi connectivity index (χ0v) is 16.4. The summed E-state index contributed by atoms with van der Waals surface area (Å²) < 4.78 is 31.5. The molecule has 27 heavy (non-hydrogen) atoms. The quantitative estimate of drug-likeness (QED) is 0.732. The summed E-state index contributed by atoms with van der Waals surface area (Å²) in [6.45, 7) is 2.97. The molecule has 1 amide bonds. The summed E-state index contributed by atoms with van der Waals surface area (Å²) in [5.41, 5.74) is 2.52. The second-order valence-corrected chi connectivity index (χ2v) is 8.32. The number of carbonyl (C=O) groups excluding carboxylic acids is 1. The molecule has 2 aromatic rings. The molecule has 0 atom stereocenters. The topological polar surface area (TPSA) is 66.9 Å². The molecule has 3 rings (SSSR count). The maximum atomic E-state index is 12.8. The summed E-state index contributed by atoms with van der Waals surface area (Å²) in [5, 5.41) is 0. The second-order valence-electron chi connectivity index (χ2n) is 6.41. The van der Waals surface area contributed by atoms with Gasteiger partial charge in [0.05, 0.1) is 18.6 Å². The van der Waals surface area contributed by atoms with E-state index in [0.29, 0.717) is 24.6 Å². The molecule has 0 spiro atoms. The van der Waals surface area contributed by atoms with Crippen LogP contribution in [0.25, 0.3) is 0 Å². The Morgan fingerprint density at radius 2 is 1.85 bits per heavy atom. The molecule has 6 nitrogen and oxygen atoms in total. The van der Waals surface area contributed by atoms with Crippen LogP contribution in [0.2, 0.25) is 0 Å². The van der Waals surface area contributed by atoms with Gasteiger partial charge in [-0.15, -0.1) is 0 Å². The number of sulfonamides is 1. The minimum Gasteiger partial charge on any atom is -0.492 e. The molecule has 144 valence electrons. The Labute approximate surface area is 160 Å². The van der Waals surface area contributed by atoms with E-state index in [-0.39, 0.29) is 18.9 Å². The van der Waals surface area contributed by atoms with E-state index in [1.54, 1.807) is 29.2 Å². The van der Waals surface area contributed by atoms with E-state index in [1.165, 1.54) is 4.31 Å². The van der Waals surface area contributed by atoms with Gasteiger partial charge in [0.2, 0.25) is 15.9 Å². The second kappa shape index (κ2) is 8.00. The Balaban J connectivity index is 1.78. The highest BCUT2D eigenvalue weighted by Gasteiger charge is 2.27. The number of anilines is 2. The highest BCUT2D eigenvalue weighted by Crippen LogP contribution is 2.31. The molecule has 1 aliphatic rings. The van der Waals surface area contributed by atoms with Gasteiger partial charge >= 0.3 is 0 Å². The van der Waals surface area contributed by atoms with Gasteiger partial charge in [0.1, 0.15) is 5.75 Å². The first-order valence-corrected chi connectivity index (χ1v) is 10.8. The largest absolute Gasteiger partial charge is 0.492 e. The van der Waals surface area contributed by atoms with Gasteiger partial charge in [-0.1, -0.05) is 30.3 Å². The van der Waals surface area contributed by atoms with Gasteiger partial charge in [0.25, 0.3) is 0 Å². The Bertz CT molecular complexity index is 927. The minimum absolute atomic E-state index is 0.0699. The highest BCUT2D eigenvalue weighted by atomic mass is 32.2. The number of carbonyl (C=O) groups is 1. The van der Waals surface area contributed by atoms with Crippen LogP contribution >= 0.6 is 0 Å². The first kappa shape index (κ1) is 19.2. The predicted octanol–water partition coefficient (Wildman–Crippen LogP) is 2.83. The molecule has 0 fully saturated rings. The first-order chi connectivity index (χ1) is 12.9. The third-order valence-electron chi connectivity index (χ3n) is 4.55. The lowest BCUT2D eigenvalue weighted by molar-refractivity contribution is -0.118. The van der Waals surface area contributed by atoms with E-state index in [4.69, 9.17) is 4.74 Å². The van der Waals surface area contributed by atoms with E-state index < -0.39 is 10.0 Å². The summed E-state index contributed by atoms with van der Waals surface area (Å²) in [6, 6.07) is 14.8. The van der Waals surface area contributed by atoms with Crippen molar-refractivity contribution in [2.45, 2.75) is 19.8 Å². The molecule has 0 aliphatic carbocycles. The Morgan fingerprint density at radius 3 is 2.59 bits per heavy atom. The standard InChI is InChI=1S/C20H24N2O4S/c1-3-26-19-11-7-6-10-18(19)22(27(2,24)25)15-13-20(23)21-14-12-16-8-4-5-9-17(16)21/h4-11H,3,12-15H2,1-2H3. The number of benzene rings is 2. The van der Waals surface area contributed by atoms with Crippen molar-refractivity contribution in [2.24, 2.45) is 0 Å². The van der Waals surface area contributed by atoms with Crippen molar-refractivity contribution in [1.29, 1.82) is 0 Å². The molecule has 0 radical (unpaired) electrons. The number of rotatable bonds is 7. The molecule has 0 aromatic heterocycles. The van der Waals surface area contributed by atoms with Crippen molar-refractivity contribution in [2.75, 3.05) is 35.2 Å². The van der Waals surface area contributed by atoms with Crippen molar-refractivity contribution in [3.8, 4) is 5.75 Å². The van der Waals surface area contributed by atoms with Crippen LogP contribution in [0.4, 0.5) is 11.4 Å². The number of ether oxygens (including phenoxy) is 1. The molecule has 0 saturated heterocycles. The number of hydrogen-bond acceptors (Lipinski definition) is 4. The summed E-state index contributed by atoms with van der Waals surface area (Å²) >= 11 is 0. The van der Waals surface area contributed by atoms with Crippen molar-refractivity contribution < 1.29 is 17.9 Å². The van der Waals surface area contributed by atoms with Crippen molar-refractivity contribution in [3.05, 3.63) is 54.1 Å². The summed E-state index contributed by atoms with van der Waals surface area (Å²) in [6.07, 6.45) is 2.07. The van der Waals surface area contributed by atoms with Gasteiger partial charge < -0.3 is 9.64 Å². The number of amides is 1. The molecule has 2 aromatic carbocycles. The average Bonchev–Trinajstić information content (AvgIpc) is 3.06. The fraction of sp³-hybridized carbons (Fsp3) is 0.350. The summed E-state index contributed by atoms with van der Waals surface area (Å²) in [7, 11) is -3.56. The van der Waals surface area contributed by atoms with Crippen LogP contribution in [0.3, 0.4) is 0 Å². The lowest BCUT2D eigenvalue weighted by atomic mass is 10.2. The van der Waals surface area contributed by atoms with E-state index >= 15 is 0 Å². The Morgan fingerprint density at radius 1 is 1.15 bits per heavy atom. The number of hydrogen-bond donors (Lipinski definition) is 0. The normalized spacial score (nSPS) is 13.3. The maximum absolute atomic E-state index is 12.8. The molecular formula is C20H24N2O4S. The monoisotopic (exact) mass is 388 g/mol. The zero-order valence-electron chi connectivity index (χ0n) is 15.6.